The van der Waals surface area contributed by atoms with Gasteiger partial charge in [0.05, 0.1) is 15.7 Å². The van der Waals surface area contributed by atoms with E-state index in [0.29, 0.717) is 12.0 Å². The Morgan fingerprint density at radius 1 is 1.35 bits per heavy atom. The van der Waals surface area contributed by atoms with Gasteiger partial charge in [-0.05, 0) is 46.0 Å². The Kier molecular flexibility index (Phi) is 5.87. The number of nitrogens with one attached hydrogen (secondary N) is 1. The minimum absolute atomic E-state index is 0.186. The lowest BCUT2D eigenvalue weighted by atomic mass is 9.83. The second-order valence-electron chi connectivity index (χ2n) is 6.03. The summed E-state index contributed by atoms with van der Waals surface area (Å²) in [4.78, 5) is 0. The molecule has 0 spiro atoms. The second kappa shape index (κ2) is 6.69. The molecule has 0 amide bonds. The van der Waals surface area contributed by atoms with Gasteiger partial charge in [0.2, 0.25) is 0 Å². The fraction of sp³-hybridized carbons (Fsp3) is 0.857. The van der Waals surface area contributed by atoms with Gasteiger partial charge in [0.15, 0.2) is 0 Å². The minimum atomic E-state index is -0.968. The number of hydrogen-bond donors (Lipinski definition) is 1. The molecule has 17 heavy (non-hydrogen) atoms. The highest BCUT2D eigenvalue weighted by Crippen LogP contribution is 2.28. The Balaban J connectivity index is 2.58. The third kappa shape index (κ3) is 4.92. The lowest BCUT2D eigenvalue weighted by molar-refractivity contribution is 0.292. The van der Waals surface area contributed by atoms with E-state index in [2.05, 4.69) is 11.3 Å². The molecule has 0 saturated heterocycles. The molecule has 1 aliphatic carbocycles. The summed E-state index contributed by atoms with van der Waals surface area (Å²) in [6.45, 7) is 9.87. The van der Waals surface area contributed by atoms with Crippen molar-refractivity contribution < 1.29 is 4.21 Å². The summed E-state index contributed by atoms with van der Waals surface area (Å²) in [5.41, 5.74) is 0. The summed E-state index contributed by atoms with van der Waals surface area (Å²) in [6, 6.07) is 0.341. The van der Waals surface area contributed by atoms with Gasteiger partial charge >= 0.3 is 0 Å². The highest BCUT2D eigenvalue weighted by molar-refractivity contribution is 7.84. The van der Waals surface area contributed by atoms with Crippen LogP contribution in [0.3, 0.4) is 0 Å². The SMILES string of the molecule is C=CC[C@H](NS(=O)C(C)(C)C)C1CCCCC1. The smallest absolute Gasteiger partial charge is 0.0972 e. The summed E-state index contributed by atoms with van der Waals surface area (Å²) >= 11 is 0. The quantitative estimate of drug-likeness (QED) is 0.750. The molecule has 0 aromatic rings. The molecule has 1 fully saturated rings. The van der Waals surface area contributed by atoms with Crippen LogP contribution in [0.1, 0.15) is 59.3 Å². The van der Waals surface area contributed by atoms with Crippen molar-refractivity contribution in [2.45, 2.75) is 70.1 Å². The average Bonchev–Trinajstić information content (AvgIpc) is 2.28. The highest BCUT2D eigenvalue weighted by Gasteiger charge is 2.27. The van der Waals surface area contributed by atoms with Gasteiger partial charge < -0.3 is 0 Å². The van der Waals surface area contributed by atoms with Crippen molar-refractivity contribution in [2.24, 2.45) is 5.92 Å². The molecule has 0 aromatic heterocycles. The van der Waals surface area contributed by atoms with Crippen LogP contribution in [0.15, 0.2) is 12.7 Å². The van der Waals surface area contributed by atoms with Crippen LogP contribution in [-0.2, 0) is 11.0 Å². The van der Waals surface area contributed by atoms with E-state index in [0.717, 1.165) is 6.42 Å². The first-order chi connectivity index (χ1) is 7.95. The molecular formula is C14H27NOS. The fourth-order valence-corrected chi connectivity index (χ4v) is 3.28. The molecule has 0 aromatic carbocycles. The Labute approximate surface area is 109 Å². The summed E-state index contributed by atoms with van der Waals surface area (Å²) < 4.78 is 15.3. The second-order valence-corrected chi connectivity index (χ2v) is 8.03. The van der Waals surface area contributed by atoms with Crippen LogP contribution in [0, 0.1) is 5.92 Å². The third-order valence-corrected chi connectivity index (χ3v) is 5.08. The van der Waals surface area contributed by atoms with Crippen LogP contribution in [0.25, 0.3) is 0 Å². The zero-order valence-corrected chi connectivity index (χ0v) is 12.3. The van der Waals surface area contributed by atoms with Crippen LogP contribution in [0.4, 0.5) is 0 Å². The predicted octanol–water partition coefficient (Wildman–Crippen LogP) is 3.56. The Hall–Kier alpha value is -0.150. The molecule has 3 heteroatoms. The minimum Gasteiger partial charge on any atom is -0.242 e. The van der Waals surface area contributed by atoms with E-state index in [1.54, 1.807) is 0 Å². The van der Waals surface area contributed by atoms with E-state index in [9.17, 15) is 4.21 Å². The molecule has 1 aliphatic rings. The highest BCUT2D eigenvalue weighted by atomic mass is 32.2. The molecule has 2 atom stereocenters. The summed E-state index contributed by atoms with van der Waals surface area (Å²) in [5.74, 6) is 0.674. The van der Waals surface area contributed by atoms with Gasteiger partial charge in [-0.3, -0.25) is 0 Å². The molecular weight excluding hydrogens is 230 g/mol. The third-order valence-electron chi connectivity index (χ3n) is 3.45. The van der Waals surface area contributed by atoms with Gasteiger partial charge in [0.25, 0.3) is 0 Å². The monoisotopic (exact) mass is 257 g/mol. The lowest BCUT2D eigenvalue weighted by Gasteiger charge is -2.32. The van der Waals surface area contributed by atoms with E-state index >= 15 is 0 Å². The first-order valence-electron chi connectivity index (χ1n) is 6.74. The molecule has 1 N–H and O–H groups in total. The standard InChI is InChI=1S/C14H27NOS/c1-5-9-13(12-10-7-6-8-11-12)15-17(16)14(2,3)4/h5,12-13,15H,1,6-11H2,2-4H3/t13-,17?/m0/s1. The largest absolute Gasteiger partial charge is 0.242 e. The van der Waals surface area contributed by atoms with Crippen molar-refractivity contribution >= 4 is 11.0 Å². The number of hydrogen-bond acceptors (Lipinski definition) is 1. The first-order valence-corrected chi connectivity index (χ1v) is 7.89. The molecule has 100 valence electrons. The zero-order valence-electron chi connectivity index (χ0n) is 11.5. The molecule has 1 unspecified atom stereocenters. The fourth-order valence-electron chi connectivity index (χ4n) is 2.37. The average molecular weight is 257 g/mol. The van der Waals surface area contributed by atoms with Gasteiger partial charge in [-0.2, -0.15) is 0 Å². The summed E-state index contributed by atoms with van der Waals surface area (Å²) in [5, 5.41) is 0. The Morgan fingerprint density at radius 3 is 2.41 bits per heavy atom. The van der Waals surface area contributed by atoms with Crippen molar-refractivity contribution in [3.8, 4) is 0 Å². The van der Waals surface area contributed by atoms with Crippen molar-refractivity contribution in [2.75, 3.05) is 0 Å². The van der Waals surface area contributed by atoms with E-state index in [-0.39, 0.29) is 4.75 Å². The van der Waals surface area contributed by atoms with Crippen molar-refractivity contribution in [3.05, 3.63) is 12.7 Å². The van der Waals surface area contributed by atoms with Crippen molar-refractivity contribution in [1.29, 1.82) is 0 Å². The van der Waals surface area contributed by atoms with Crippen LogP contribution in [0.5, 0.6) is 0 Å². The van der Waals surface area contributed by atoms with Crippen LogP contribution in [-0.4, -0.2) is 15.0 Å². The van der Waals surface area contributed by atoms with Gasteiger partial charge in [0, 0.05) is 6.04 Å². The van der Waals surface area contributed by atoms with Crippen LogP contribution < -0.4 is 4.72 Å². The van der Waals surface area contributed by atoms with E-state index < -0.39 is 11.0 Å². The maximum atomic E-state index is 12.2. The van der Waals surface area contributed by atoms with E-state index in [4.69, 9.17) is 0 Å². The van der Waals surface area contributed by atoms with Gasteiger partial charge in [-0.15, -0.1) is 6.58 Å². The molecule has 0 bridgehead atoms. The summed E-state index contributed by atoms with van der Waals surface area (Å²) in [6.07, 6.45) is 9.42. The molecule has 1 rings (SSSR count). The summed E-state index contributed by atoms with van der Waals surface area (Å²) in [7, 11) is -0.968. The lowest BCUT2D eigenvalue weighted by Crippen LogP contribution is -2.43. The number of rotatable bonds is 5. The van der Waals surface area contributed by atoms with Crippen LogP contribution in [0.2, 0.25) is 0 Å². The molecule has 2 nitrogen and oxygen atoms in total. The maximum Gasteiger partial charge on any atom is 0.0972 e. The molecule has 0 heterocycles. The van der Waals surface area contributed by atoms with Crippen LogP contribution >= 0.6 is 0 Å². The van der Waals surface area contributed by atoms with E-state index in [1.165, 1.54) is 32.1 Å². The normalized spacial score (nSPS) is 22.1. The molecule has 1 saturated carbocycles. The van der Waals surface area contributed by atoms with E-state index in [1.807, 2.05) is 26.8 Å². The van der Waals surface area contributed by atoms with Gasteiger partial charge in [-0.1, -0.05) is 25.3 Å². The maximum absolute atomic E-state index is 12.2. The zero-order chi connectivity index (χ0) is 12.9. The van der Waals surface area contributed by atoms with Crippen molar-refractivity contribution in [1.82, 2.24) is 4.72 Å². The Morgan fingerprint density at radius 2 is 1.94 bits per heavy atom. The van der Waals surface area contributed by atoms with Crippen molar-refractivity contribution in [3.63, 3.8) is 0 Å². The Bertz CT molecular complexity index is 264. The molecule has 0 aliphatic heterocycles. The first kappa shape index (κ1) is 14.9. The topological polar surface area (TPSA) is 29.1 Å². The van der Waals surface area contributed by atoms with Gasteiger partial charge in [0.1, 0.15) is 0 Å². The van der Waals surface area contributed by atoms with Gasteiger partial charge in [-0.25, -0.2) is 8.93 Å². The molecule has 0 radical (unpaired) electrons. The predicted molar refractivity (Wildman–Crippen MR) is 76.2 cm³/mol.